The number of carboxylic acid groups (broad SMARTS) is 1. The summed E-state index contributed by atoms with van der Waals surface area (Å²) < 4.78 is 0. The second kappa shape index (κ2) is 9.92. The summed E-state index contributed by atoms with van der Waals surface area (Å²) in [6.45, 7) is 3.20. The van der Waals surface area contributed by atoms with Crippen LogP contribution in [-0.2, 0) is 16.1 Å². The molecular formula is C16H25N3O3. The summed E-state index contributed by atoms with van der Waals surface area (Å²) in [6, 6.07) is 7.14. The van der Waals surface area contributed by atoms with Crippen molar-refractivity contribution in [3.8, 4) is 0 Å². The average Bonchev–Trinajstić information content (AvgIpc) is 2.46. The lowest BCUT2D eigenvalue weighted by atomic mass is 10.1. The number of rotatable bonds is 10. The number of carboxylic acids is 1. The van der Waals surface area contributed by atoms with Gasteiger partial charge in [-0.15, -0.1) is 0 Å². The number of hydrogen-bond donors (Lipinski definition) is 4. The van der Waals surface area contributed by atoms with Gasteiger partial charge >= 0.3 is 5.97 Å². The number of nitrogens with one attached hydrogen (secondary N) is 2. The number of unbranched alkanes of at least 4 members (excludes halogenated alkanes) is 1. The van der Waals surface area contributed by atoms with Gasteiger partial charge in [-0.2, -0.15) is 0 Å². The van der Waals surface area contributed by atoms with Crippen molar-refractivity contribution in [3.63, 3.8) is 0 Å². The second-order valence-electron chi connectivity index (χ2n) is 5.34. The van der Waals surface area contributed by atoms with Crippen molar-refractivity contribution in [1.82, 2.24) is 10.6 Å². The summed E-state index contributed by atoms with van der Waals surface area (Å²) in [5, 5.41) is 14.6. The van der Waals surface area contributed by atoms with E-state index in [9.17, 15) is 9.59 Å². The highest BCUT2D eigenvalue weighted by Crippen LogP contribution is 2.03. The molecule has 1 aromatic rings. The van der Waals surface area contributed by atoms with Gasteiger partial charge in [0.1, 0.15) is 6.04 Å². The van der Waals surface area contributed by atoms with E-state index in [0.717, 1.165) is 17.5 Å². The van der Waals surface area contributed by atoms with Crippen LogP contribution in [0.25, 0.3) is 0 Å². The zero-order valence-corrected chi connectivity index (χ0v) is 13.0. The maximum atomic E-state index is 11.8. The van der Waals surface area contributed by atoms with E-state index >= 15 is 0 Å². The first-order valence-electron chi connectivity index (χ1n) is 7.51. The lowest BCUT2D eigenvalue weighted by Crippen LogP contribution is -2.44. The molecule has 1 aromatic carbocycles. The topological polar surface area (TPSA) is 104 Å². The van der Waals surface area contributed by atoms with Gasteiger partial charge in [0, 0.05) is 6.54 Å². The largest absolute Gasteiger partial charge is 0.480 e. The fraction of sp³-hybridized carbons (Fsp3) is 0.500. The summed E-state index contributed by atoms with van der Waals surface area (Å²) >= 11 is 0. The third-order valence-electron chi connectivity index (χ3n) is 3.28. The number of hydrogen-bond acceptors (Lipinski definition) is 4. The molecule has 122 valence electrons. The molecule has 0 aromatic heterocycles. The Hall–Kier alpha value is -1.92. The molecule has 6 heteroatoms. The molecule has 1 amide bonds. The molecule has 0 heterocycles. The Kier molecular flexibility index (Phi) is 8.17. The van der Waals surface area contributed by atoms with Crippen molar-refractivity contribution in [3.05, 3.63) is 35.4 Å². The van der Waals surface area contributed by atoms with Crippen molar-refractivity contribution >= 4 is 11.9 Å². The van der Waals surface area contributed by atoms with E-state index in [-0.39, 0.29) is 12.5 Å². The van der Waals surface area contributed by atoms with Crippen molar-refractivity contribution in [2.75, 3.05) is 13.1 Å². The summed E-state index contributed by atoms with van der Waals surface area (Å²) in [6.07, 6.45) is 1.84. The first kappa shape index (κ1) is 18.1. The van der Waals surface area contributed by atoms with E-state index in [1.54, 1.807) is 0 Å². The lowest BCUT2D eigenvalue weighted by Gasteiger charge is -2.14. The van der Waals surface area contributed by atoms with Gasteiger partial charge in [-0.25, -0.2) is 4.79 Å². The molecule has 0 aliphatic heterocycles. The van der Waals surface area contributed by atoms with E-state index in [2.05, 4.69) is 10.6 Å². The normalized spacial score (nSPS) is 11.9. The average molecular weight is 307 g/mol. The van der Waals surface area contributed by atoms with Gasteiger partial charge in [-0.05, 0) is 38.3 Å². The van der Waals surface area contributed by atoms with E-state index in [1.165, 1.54) is 0 Å². The van der Waals surface area contributed by atoms with Crippen LogP contribution in [0, 0.1) is 6.92 Å². The van der Waals surface area contributed by atoms with Crippen LogP contribution >= 0.6 is 0 Å². The molecule has 0 bridgehead atoms. The fourth-order valence-electron chi connectivity index (χ4n) is 2.14. The summed E-state index contributed by atoms with van der Waals surface area (Å²) in [5.74, 6) is -1.32. The molecule has 1 atom stereocenters. The zero-order valence-electron chi connectivity index (χ0n) is 13.0. The smallest absolute Gasteiger partial charge is 0.326 e. The van der Waals surface area contributed by atoms with Gasteiger partial charge in [0.15, 0.2) is 0 Å². The monoisotopic (exact) mass is 307 g/mol. The molecule has 0 fully saturated rings. The fourth-order valence-corrected chi connectivity index (χ4v) is 2.14. The minimum atomic E-state index is -1.01. The quantitative estimate of drug-likeness (QED) is 0.478. The molecule has 0 spiro atoms. The maximum absolute atomic E-state index is 11.8. The van der Waals surface area contributed by atoms with Crippen LogP contribution in [0.2, 0.25) is 0 Å². The Morgan fingerprint density at radius 3 is 2.73 bits per heavy atom. The third-order valence-corrected chi connectivity index (χ3v) is 3.28. The second-order valence-corrected chi connectivity index (χ2v) is 5.34. The van der Waals surface area contributed by atoms with Crippen LogP contribution in [0.5, 0.6) is 0 Å². The molecule has 1 rings (SSSR count). The van der Waals surface area contributed by atoms with E-state index in [4.69, 9.17) is 10.8 Å². The third kappa shape index (κ3) is 7.19. The number of carbonyl (C=O) groups excluding carboxylic acids is 1. The molecule has 1 unspecified atom stereocenters. The highest BCUT2D eigenvalue weighted by molar-refractivity contribution is 5.84. The summed E-state index contributed by atoms with van der Waals surface area (Å²) in [7, 11) is 0. The van der Waals surface area contributed by atoms with Crippen LogP contribution in [0.3, 0.4) is 0 Å². The molecule has 0 aliphatic rings. The number of aliphatic carboxylic acids is 1. The summed E-state index contributed by atoms with van der Waals surface area (Å²) in [5.41, 5.74) is 7.63. The van der Waals surface area contributed by atoms with Crippen molar-refractivity contribution in [2.45, 2.75) is 38.8 Å². The standard InChI is InChI=1S/C16H25N3O3/c1-12-5-4-6-13(9-12)10-18-11-15(20)19-14(16(21)22)7-2-3-8-17/h4-6,9,14,18H,2-3,7-8,10-11,17H2,1H3,(H,19,20)(H,21,22). The number of amides is 1. The van der Waals surface area contributed by atoms with E-state index in [0.29, 0.717) is 25.9 Å². The van der Waals surface area contributed by atoms with Crippen LogP contribution in [0.15, 0.2) is 24.3 Å². The van der Waals surface area contributed by atoms with E-state index in [1.807, 2.05) is 31.2 Å². The van der Waals surface area contributed by atoms with Crippen LogP contribution in [0.1, 0.15) is 30.4 Å². The Labute approximate surface area is 131 Å². The van der Waals surface area contributed by atoms with Crippen molar-refractivity contribution in [1.29, 1.82) is 0 Å². The lowest BCUT2D eigenvalue weighted by molar-refractivity contribution is -0.141. The van der Waals surface area contributed by atoms with Crippen LogP contribution in [0.4, 0.5) is 0 Å². The van der Waals surface area contributed by atoms with Gasteiger partial charge in [0.25, 0.3) is 0 Å². The predicted molar refractivity (Wildman–Crippen MR) is 85.4 cm³/mol. The molecule has 0 radical (unpaired) electrons. The molecule has 6 nitrogen and oxygen atoms in total. The number of nitrogens with two attached hydrogens (primary N) is 1. The van der Waals surface area contributed by atoms with Gasteiger partial charge in [-0.3, -0.25) is 4.79 Å². The molecule has 0 aliphatic carbocycles. The SMILES string of the molecule is Cc1cccc(CNCC(=O)NC(CCCCN)C(=O)O)c1. The van der Waals surface area contributed by atoms with E-state index < -0.39 is 12.0 Å². The van der Waals surface area contributed by atoms with Crippen LogP contribution < -0.4 is 16.4 Å². The molecule has 5 N–H and O–H groups in total. The van der Waals surface area contributed by atoms with Crippen molar-refractivity contribution in [2.24, 2.45) is 5.73 Å². The molecular weight excluding hydrogens is 282 g/mol. The Balaban J connectivity index is 2.32. The highest BCUT2D eigenvalue weighted by atomic mass is 16.4. The minimum absolute atomic E-state index is 0.0919. The predicted octanol–water partition coefficient (Wildman–Crippen LogP) is 0.783. The number of carbonyl (C=O) groups is 2. The first-order valence-corrected chi connectivity index (χ1v) is 7.51. The van der Waals surface area contributed by atoms with Gasteiger partial charge < -0.3 is 21.5 Å². The van der Waals surface area contributed by atoms with Crippen LogP contribution in [-0.4, -0.2) is 36.1 Å². The van der Waals surface area contributed by atoms with Crippen molar-refractivity contribution < 1.29 is 14.7 Å². The molecule has 0 saturated carbocycles. The summed E-state index contributed by atoms with van der Waals surface area (Å²) in [4.78, 5) is 22.9. The number of benzene rings is 1. The van der Waals surface area contributed by atoms with Gasteiger partial charge in [0.05, 0.1) is 6.54 Å². The Bertz CT molecular complexity index is 491. The zero-order chi connectivity index (χ0) is 16.4. The molecule has 0 saturated heterocycles. The Morgan fingerprint density at radius 1 is 1.32 bits per heavy atom. The maximum Gasteiger partial charge on any atom is 0.326 e. The highest BCUT2D eigenvalue weighted by Gasteiger charge is 2.18. The Morgan fingerprint density at radius 2 is 2.09 bits per heavy atom. The molecule has 22 heavy (non-hydrogen) atoms. The number of aryl methyl sites for hydroxylation is 1. The first-order chi connectivity index (χ1) is 10.5. The van der Waals surface area contributed by atoms with Gasteiger partial charge in [0.2, 0.25) is 5.91 Å². The minimum Gasteiger partial charge on any atom is -0.480 e. The van der Waals surface area contributed by atoms with Gasteiger partial charge in [-0.1, -0.05) is 29.8 Å².